The Bertz CT molecular complexity index is 752. The van der Waals surface area contributed by atoms with E-state index in [1.165, 1.54) is 7.11 Å². The summed E-state index contributed by atoms with van der Waals surface area (Å²) in [5.41, 5.74) is 0.843. The summed E-state index contributed by atoms with van der Waals surface area (Å²) in [4.78, 5) is 12.6. The van der Waals surface area contributed by atoms with Gasteiger partial charge in [0.25, 0.3) is 5.91 Å². The number of anilines is 1. The molecule has 0 spiro atoms. The van der Waals surface area contributed by atoms with Crippen molar-refractivity contribution in [1.29, 1.82) is 0 Å². The molecule has 128 valence electrons. The molecule has 0 bridgehead atoms. The second kappa shape index (κ2) is 8.26. The van der Waals surface area contributed by atoms with Gasteiger partial charge in [-0.2, -0.15) is 0 Å². The molecular weight excluding hydrogens is 398 g/mol. The number of hydrogen-bond donors (Lipinski definition) is 1. The Morgan fingerprint density at radius 3 is 2.58 bits per heavy atom. The van der Waals surface area contributed by atoms with E-state index in [1.807, 2.05) is 6.92 Å². The number of methoxy groups -OCH3 is 2. The van der Waals surface area contributed by atoms with E-state index < -0.39 is 0 Å². The second-order valence-corrected chi connectivity index (χ2v) is 6.01. The van der Waals surface area contributed by atoms with E-state index in [9.17, 15) is 4.79 Å². The summed E-state index contributed by atoms with van der Waals surface area (Å²) < 4.78 is 16.6. The SMILES string of the molecule is CCOc1c(Br)cc(Cl)cc1NC(=O)c1ccc(OC)cc1OC. The molecule has 0 aliphatic rings. The van der Waals surface area contributed by atoms with Crippen molar-refractivity contribution in [2.75, 3.05) is 26.1 Å². The van der Waals surface area contributed by atoms with Crippen LogP contribution in [0, 0.1) is 0 Å². The molecule has 1 N–H and O–H groups in total. The first kappa shape index (κ1) is 18.4. The van der Waals surface area contributed by atoms with Gasteiger partial charge in [0.05, 0.1) is 36.6 Å². The zero-order valence-electron chi connectivity index (χ0n) is 13.5. The Kier molecular flexibility index (Phi) is 6.34. The van der Waals surface area contributed by atoms with Crippen molar-refractivity contribution in [3.05, 3.63) is 45.4 Å². The van der Waals surface area contributed by atoms with E-state index in [0.29, 0.717) is 44.6 Å². The minimum Gasteiger partial charge on any atom is -0.497 e. The molecule has 2 rings (SSSR count). The van der Waals surface area contributed by atoms with Gasteiger partial charge in [0.15, 0.2) is 5.75 Å². The summed E-state index contributed by atoms with van der Waals surface area (Å²) in [5.74, 6) is 1.18. The van der Waals surface area contributed by atoms with Crippen molar-refractivity contribution >= 4 is 39.1 Å². The highest BCUT2D eigenvalue weighted by Gasteiger charge is 2.17. The highest BCUT2D eigenvalue weighted by Crippen LogP contribution is 2.37. The van der Waals surface area contributed by atoms with Crippen LogP contribution in [0.2, 0.25) is 5.02 Å². The molecule has 0 aliphatic carbocycles. The maximum absolute atomic E-state index is 12.6. The fourth-order valence-corrected chi connectivity index (χ4v) is 3.04. The Morgan fingerprint density at radius 2 is 1.96 bits per heavy atom. The molecule has 0 radical (unpaired) electrons. The zero-order valence-corrected chi connectivity index (χ0v) is 15.8. The molecule has 0 saturated carbocycles. The second-order valence-electron chi connectivity index (χ2n) is 4.72. The molecule has 0 fully saturated rings. The molecule has 2 aromatic carbocycles. The smallest absolute Gasteiger partial charge is 0.259 e. The van der Waals surface area contributed by atoms with E-state index in [1.54, 1.807) is 37.4 Å². The van der Waals surface area contributed by atoms with Crippen LogP contribution in [0.4, 0.5) is 5.69 Å². The quantitative estimate of drug-likeness (QED) is 0.740. The number of halogens is 2. The topological polar surface area (TPSA) is 56.8 Å². The first-order valence-corrected chi connectivity index (χ1v) is 8.32. The zero-order chi connectivity index (χ0) is 17.7. The van der Waals surface area contributed by atoms with E-state index in [-0.39, 0.29) is 5.91 Å². The average Bonchev–Trinajstić information content (AvgIpc) is 2.57. The van der Waals surface area contributed by atoms with Crippen LogP contribution in [0.3, 0.4) is 0 Å². The molecule has 0 atom stereocenters. The number of amides is 1. The maximum atomic E-state index is 12.6. The molecule has 24 heavy (non-hydrogen) atoms. The average molecular weight is 415 g/mol. The van der Waals surface area contributed by atoms with E-state index in [4.69, 9.17) is 25.8 Å². The summed E-state index contributed by atoms with van der Waals surface area (Å²) in [5, 5.41) is 3.28. The van der Waals surface area contributed by atoms with Gasteiger partial charge < -0.3 is 19.5 Å². The van der Waals surface area contributed by atoms with Crippen LogP contribution in [0.1, 0.15) is 17.3 Å². The molecule has 7 heteroatoms. The molecule has 1 amide bonds. The monoisotopic (exact) mass is 413 g/mol. The van der Waals surface area contributed by atoms with Crippen LogP contribution < -0.4 is 19.5 Å². The van der Waals surface area contributed by atoms with Crippen LogP contribution >= 0.6 is 27.5 Å². The first-order chi connectivity index (χ1) is 11.5. The lowest BCUT2D eigenvalue weighted by atomic mass is 10.1. The van der Waals surface area contributed by atoms with Crippen LogP contribution in [-0.2, 0) is 0 Å². The largest absolute Gasteiger partial charge is 0.497 e. The fraction of sp³-hybridized carbons (Fsp3) is 0.235. The van der Waals surface area contributed by atoms with Gasteiger partial charge in [-0.05, 0) is 47.1 Å². The number of nitrogens with one attached hydrogen (secondary N) is 1. The number of ether oxygens (including phenoxy) is 3. The number of carbonyl (C=O) groups excluding carboxylic acids is 1. The molecule has 0 unspecified atom stereocenters. The summed E-state index contributed by atoms with van der Waals surface area (Å²) >= 11 is 9.46. The first-order valence-electron chi connectivity index (χ1n) is 7.15. The van der Waals surface area contributed by atoms with Crippen LogP contribution in [-0.4, -0.2) is 26.7 Å². The van der Waals surface area contributed by atoms with Gasteiger partial charge in [0.1, 0.15) is 11.5 Å². The lowest BCUT2D eigenvalue weighted by Gasteiger charge is -2.15. The Morgan fingerprint density at radius 1 is 1.21 bits per heavy atom. The van der Waals surface area contributed by atoms with Crippen LogP contribution in [0.15, 0.2) is 34.8 Å². The lowest BCUT2D eigenvalue weighted by Crippen LogP contribution is -2.14. The van der Waals surface area contributed by atoms with E-state index >= 15 is 0 Å². The fourth-order valence-electron chi connectivity index (χ4n) is 2.12. The molecule has 0 aromatic heterocycles. The molecule has 0 saturated heterocycles. The van der Waals surface area contributed by atoms with Crippen molar-refractivity contribution in [3.8, 4) is 17.2 Å². The van der Waals surface area contributed by atoms with Crippen molar-refractivity contribution in [2.24, 2.45) is 0 Å². The van der Waals surface area contributed by atoms with Gasteiger partial charge in [-0.25, -0.2) is 0 Å². The molecular formula is C17H17BrClNO4. The van der Waals surface area contributed by atoms with E-state index in [2.05, 4.69) is 21.2 Å². The Hall–Kier alpha value is -1.92. The normalized spacial score (nSPS) is 10.2. The van der Waals surface area contributed by atoms with Gasteiger partial charge >= 0.3 is 0 Å². The van der Waals surface area contributed by atoms with Crippen molar-refractivity contribution in [1.82, 2.24) is 0 Å². The van der Waals surface area contributed by atoms with Crippen molar-refractivity contribution < 1.29 is 19.0 Å². The molecule has 0 aliphatic heterocycles. The third-order valence-electron chi connectivity index (χ3n) is 3.20. The summed E-state index contributed by atoms with van der Waals surface area (Å²) in [6.07, 6.45) is 0. The Balaban J connectivity index is 2.36. The van der Waals surface area contributed by atoms with Crippen LogP contribution in [0.25, 0.3) is 0 Å². The third kappa shape index (κ3) is 4.13. The minimum atomic E-state index is -0.343. The molecule has 2 aromatic rings. The Labute approximate surface area is 154 Å². The summed E-state index contributed by atoms with van der Waals surface area (Å²) in [6, 6.07) is 8.30. The third-order valence-corrected chi connectivity index (χ3v) is 4.01. The lowest BCUT2D eigenvalue weighted by molar-refractivity contribution is 0.102. The van der Waals surface area contributed by atoms with Gasteiger partial charge in [-0.15, -0.1) is 0 Å². The highest BCUT2D eigenvalue weighted by molar-refractivity contribution is 9.10. The highest BCUT2D eigenvalue weighted by atomic mass is 79.9. The predicted molar refractivity (Wildman–Crippen MR) is 97.8 cm³/mol. The number of hydrogen-bond acceptors (Lipinski definition) is 4. The number of carbonyl (C=O) groups is 1. The maximum Gasteiger partial charge on any atom is 0.259 e. The minimum absolute atomic E-state index is 0.343. The van der Waals surface area contributed by atoms with Gasteiger partial charge in [0, 0.05) is 11.1 Å². The van der Waals surface area contributed by atoms with Gasteiger partial charge in [-0.1, -0.05) is 11.6 Å². The number of benzene rings is 2. The molecule has 5 nitrogen and oxygen atoms in total. The van der Waals surface area contributed by atoms with Gasteiger partial charge in [-0.3, -0.25) is 4.79 Å². The standard InChI is InChI=1S/C17H17BrClNO4/c1-4-24-16-13(18)7-10(19)8-14(16)20-17(21)12-6-5-11(22-2)9-15(12)23-3/h5-9H,4H2,1-3H3,(H,20,21). The predicted octanol–water partition coefficient (Wildman–Crippen LogP) is 4.77. The van der Waals surface area contributed by atoms with Crippen LogP contribution in [0.5, 0.6) is 17.2 Å². The summed E-state index contributed by atoms with van der Waals surface area (Å²) in [7, 11) is 3.04. The molecule has 0 heterocycles. The van der Waals surface area contributed by atoms with Gasteiger partial charge in [0.2, 0.25) is 0 Å². The van der Waals surface area contributed by atoms with E-state index in [0.717, 1.165) is 0 Å². The number of rotatable bonds is 6. The summed E-state index contributed by atoms with van der Waals surface area (Å²) in [6.45, 7) is 2.31. The van der Waals surface area contributed by atoms with Crippen molar-refractivity contribution in [2.45, 2.75) is 6.92 Å². The van der Waals surface area contributed by atoms with Crippen molar-refractivity contribution in [3.63, 3.8) is 0 Å².